The van der Waals surface area contributed by atoms with Crippen LogP contribution in [0.3, 0.4) is 0 Å². The van der Waals surface area contributed by atoms with Crippen LogP contribution in [0.5, 0.6) is 0 Å². The summed E-state index contributed by atoms with van der Waals surface area (Å²) in [5.41, 5.74) is 8.18. The van der Waals surface area contributed by atoms with E-state index in [9.17, 15) is 4.79 Å². The van der Waals surface area contributed by atoms with Crippen molar-refractivity contribution in [2.75, 3.05) is 0 Å². The highest BCUT2D eigenvalue weighted by Crippen LogP contribution is 2.28. The number of carbonyl (C=O) groups is 1. The molecule has 1 atom stereocenters. The minimum atomic E-state index is -0.928. The van der Waals surface area contributed by atoms with Crippen LogP contribution >= 0.6 is 15.9 Å². The van der Waals surface area contributed by atoms with E-state index in [0.29, 0.717) is 5.69 Å². The maximum absolute atomic E-state index is 11.3. The van der Waals surface area contributed by atoms with Crippen molar-refractivity contribution in [2.45, 2.75) is 17.7 Å². The van der Waals surface area contributed by atoms with Gasteiger partial charge in [0.15, 0.2) is 0 Å². The number of hydrogen-bond donors (Lipinski definition) is 1. The van der Waals surface area contributed by atoms with E-state index in [2.05, 4.69) is 25.9 Å². The van der Waals surface area contributed by atoms with E-state index in [1.807, 2.05) is 24.3 Å². The SMILES string of the molecule is CC(Br)(C(N)=O)c1ccc(Cc2ccncc2)cn1. The number of nitrogens with two attached hydrogens (primary N) is 1. The van der Waals surface area contributed by atoms with Crippen LogP contribution in [-0.4, -0.2) is 15.9 Å². The molecule has 1 unspecified atom stereocenters. The molecule has 0 aromatic carbocycles. The highest BCUT2D eigenvalue weighted by atomic mass is 79.9. The lowest BCUT2D eigenvalue weighted by molar-refractivity contribution is -0.120. The zero-order valence-corrected chi connectivity index (χ0v) is 12.1. The molecule has 1 amide bonds. The number of aromatic nitrogens is 2. The minimum absolute atomic E-state index is 0.457. The second kappa shape index (κ2) is 5.48. The zero-order chi connectivity index (χ0) is 13.9. The zero-order valence-electron chi connectivity index (χ0n) is 10.5. The van der Waals surface area contributed by atoms with Gasteiger partial charge >= 0.3 is 0 Å². The first-order valence-corrected chi connectivity index (χ1v) is 6.62. The summed E-state index contributed by atoms with van der Waals surface area (Å²) in [5.74, 6) is -0.457. The monoisotopic (exact) mass is 319 g/mol. The van der Waals surface area contributed by atoms with Crippen molar-refractivity contribution in [2.24, 2.45) is 5.73 Å². The van der Waals surface area contributed by atoms with Crippen LogP contribution in [0.25, 0.3) is 0 Å². The van der Waals surface area contributed by atoms with Crippen LogP contribution in [0, 0.1) is 0 Å². The number of carbonyl (C=O) groups excluding carboxylic acids is 1. The highest BCUT2D eigenvalue weighted by Gasteiger charge is 2.31. The van der Waals surface area contributed by atoms with Gasteiger partial charge in [-0.1, -0.05) is 22.0 Å². The van der Waals surface area contributed by atoms with Gasteiger partial charge in [0.05, 0.1) is 5.69 Å². The molecule has 98 valence electrons. The molecular weight excluding hydrogens is 306 g/mol. The normalized spacial score (nSPS) is 13.8. The maximum Gasteiger partial charge on any atom is 0.240 e. The minimum Gasteiger partial charge on any atom is -0.368 e. The number of hydrogen-bond acceptors (Lipinski definition) is 3. The Kier molecular flexibility index (Phi) is 3.95. The van der Waals surface area contributed by atoms with E-state index in [4.69, 9.17) is 5.73 Å². The van der Waals surface area contributed by atoms with Crippen LogP contribution in [-0.2, 0) is 15.5 Å². The Balaban J connectivity index is 2.18. The molecule has 0 spiro atoms. The Morgan fingerprint density at radius 3 is 2.47 bits per heavy atom. The predicted octanol–water partition coefficient (Wildman–Crippen LogP) is 2.16. The maximum atomic E-state index is 11.3. The molecule has 0 aliphatic heterocycles. The summed E-state index contributed by atoms with van der Waals surface area (Å²) in [6.07, 6.45) is 6.07. The molecule has 2 heterocycles. The molecule has 0 fully saturated rings. The Bertz CT molecular complexity index is 567. The fourth-order valence-electron chi connectivity index (χ4n) is 1.67. The quantitative estimate of drug-likeness (QED) is 0.878. The molecule has 0 radical (unpaired) electrons. The molecule has 5 heteroatoms. The molecule has 2 rings (SSSR count). The van der Waals surface area contributed by atoms with Crippen molar-refractivity contribution in [3.05, 3.63) is 59.7 Å². The fourth-order valence-corrected chi connectivity index (χ4v) is 1.90. The van der Waals surface area contributed by atoms with Gasteiger partial charge in [-0.25, -0.2) is 0 Å². The van der Waals surface area contributed by atoms with E-state index >= 15 is 0 Å². The third-order valence-electron chi connectivity index (χ3n) is 2.93. The molecule has 0 aliphatic rings. The molecule has 0 saturated carbocycles. The second-order valence-corrected chi connectivity index (χ2v) is 6.04. The summed E-state index contributed by atoms with van der Waals surface area (Å²) >= 11 is 3.30. The van der Waals surface area contributed by atoms with Gasteiger partial charge in [0, 0.05) is 18.6 Å². The van der Waals surface area contributed by atoms with Crippen molar-refractivity contribution in [1.82, 2.24) is 9.97 Å². The third kappa shape index (κ3) is 3.17. The lowest BCUT2D eigenvalue weighted by atomic mass is 10.0. The van der Waals surface area contributed by atoms with E-state index in [-0.39, 0.29) is 0 Å². The van der Waals surface area contributed by atoms with Crippen LogP contribution in [0.15, 0.2) is 42.9 Å². The van der Waals surface area contributed by atoms with Crippen molar-refractivity contribution in [1.29, 1.82) is 0 Å². The fraction of sp³-hybridized carbons (Fsp3) is 0.214. The number of pyridine rings is 2. The largest absolute Gasteiger partial charge is 0.368 e. The second-order valence-electron chi connectivity index (χ2n) is 4.45. The lowest BCUT2D eigenvalue weighted by Gasteiger charge is -2.17. The molecular formula is C14H14BrN3O. The Hall–Kier alpha value is -1.75. The molecule has 19 heavy (non-hydrogen) atoms. The summed E-state index contributed by atoms with van der Waals surface area (Å²) in [6.45, 7) is 1.69. The highest BCUT2D eigenvalue weighted by molar-refractivity contribution is 9.10. The first-order chi connectivity index (χ1) is 9.00. The summed E-state index contributed by atoms with van der Waals surface area (Å²) in [7, 11) is 0. The van der Waals surface area contributed by atoms with E-state index < -0.39 is 10.2 Å². The van der Waals surface area contributed by atoms with Crippen molar-refractivity contribution in [3.8, 4) is 0 Å². The van der Waals surface area contributed by atoms with Gasteiger partial charge in [0.2, 0.25) is 5.91 Å². The summed E-state index contributed by atoms with van der Waals surface area (Å²) in [4.78, 5) is 19.6. The summed E-state index contributed by atoms with van der Waals surface area (Å²) in [5, 5.41) is 0. The number of alkyl halides is 1. The van der Waals surface area contributed by atoms with Gasteiger partial charge in [0.1, 0.15) is 4.32 Å². The first kappa shape index (κ1) is 13.7. The van der Waals surface area contributed by atoms with E-state index in [0.717, 1.165) is 12.0 Å². The number of rotatable bonds is 4. The average molecular weight is 320 g/mol. The first-order valence-electron chi connectivity index (χ1n) is 5.83. The molecule has 2 N–H and O–H groups in total. The topological polar surface area (TPSA) is 68.9 Å². The number of halogens is 1. The Morgan fingerprint density at radius 1 is 1.26 bits per heavy atom. The van der Waals surface area contributed by atoms with Crippen LogP contribution in [0.1, 0.15) is 23.7 Å². The molecule has 2 aromatic rings. The number of amides is 1. The van der Waals surface area contributed by atoms with Crippen LogP contribution in [0.2, 0.25) is 0 Å². The molecule has 2 aromatic heterocycles. The smallest absolute Gasteiger partial charge is 0.240 e. The van der Waals surface area contributed by atoms with Crippen LogP contribution in [0.4, 0.5) is 0 Å². The molecule has 0 bridgehead atoms. The van der Waals surface area contributed by atoms with Gasteiger partial charge in [-0.05, 0) is 42.7 Å². The number of nitrogens with zero attached hydrogens (tertiary/aromatic N) is 2. The van der Waals surface area contributed by atoms with E-state index in [1.165, 1.54) is 5.56 Å². The van der Waals surface area contributed by atoms with Crippen molar-refractivity contribution in [3.63, 3.8) is 0 Å². The van der Waals surface area contributed by atoms with Gasteiger partial charge in [0.25, 0.3) is 0 Å². The van der Waals surface area contributed by atoms with Gasteiger partial charge in [-0.15, -0.1) is 0 Å². The lowest BCUT2D eigenvalue weighted by Crippen LogP contribution is -2.33. The van der Waals surface area contributed by atoms with Crippen molar-refractivity contribution < 1.29 is 4.79 Å². The standard InChI is InChI=1S/C14H14BrN3O/c1-14(15,13(16)19)12-3-2-11(9-18-12)8-10-4-6-17-7-5-10/h2-7,9H,8H2,1H3,(H2,16,19). The van der Waals surface area contributed by atoms with Gasteiger partial charge < -0.3 is 5.73 Å². The summed E-state index contributed by atoms with van der Waals surface area (Å²) in [6, 6.07) is 7.69. The number of primary amides is 1. The molecule has 0 saturated heterocycles. The van der Waals surface area contributed by atoms with E-state index in [1.54, 1.807) is 25.5 Å². The average Bonchev–Trinajstić information content (AvgIpc) is 2.40. The van der Waals surface area contributed by atoms with Crippen molar-refractivity contribution >= 4 is 21.8 Å². The molecule has 4 nitrogen and oxygen atoms in total. The predicted molar refractivity (Wildman–Crippen MR) is 76.8 cm³/mol. The molecule has 0 aliphatic carbocycles. The van der Waals surface area contributed by atoms with Crippen LogP contribution < -0.4 is 5.73 Å². The van der Waals surface area contributed by atoms with Gasteiger partial charge in [-0.3, -0.25) is 14.8 Å². The Morgan fingerprint density at radius 2 is 1.95 bits per heavy atom. The van der Waals surface area contributed by atoms with Gasteiger partial charge in [-0.2, -0.15) is 0 Å². The Labute approximate surface area is 120 Å². The summed E-state index contributed by atoms with van der Waals surface area (Å²) < 4.78 is -0.928. The third-order valence-corrected chi connectivity index (χ3v) is 3.72.